The van der Waals surface area contributed by atoms with Crippen LogP contribution in [0.25, 0.3) is 0 Å². The second kappa shape index (κ2) is 4.12. The molecular formula is C22H31NO3. The molecule has 26 heavy (non-hydrogen) atoms. The molecule has 9 rings (SSSR count). The molecule has 4 heterocycles. The van der Waals surface area contributed by atoms with Crippen LogP contribution in [0.15, 0.2) is 12.2 Å². The molecule has 0 aromatic heterocycles. The number of piperidine rings is 1. The van der Waals surface area contributed by atoms with Crippen LogP contribution in [0.5, 0.6) is 0 Å². The molecule has 2 spiro atoms. The third-order valence-electron chi connectivity index (χ3n) is 11.0. The van der Waals surface area contributed by atoms with Gasteiger partial charge in [-0.15, -0.1) is 0 Å². The Hall–Kier alpha value is -0.420. The van der Waals surface area contributed by atoms with Crippen molar-refractivity contribution in [2.75, 3.05) is 6.54 Å². The molecule has 9 aliphatic rings. The van der Waals surface area contributed by atoms with Crippen molar-refractivity contribution in [1.29, 1.82) is 0 Å². The van der Waals surface area contributed by atoms with E-state index < -0.39 is 6.10 Å². The van der Waals surface area contributed by atoms with Gasteiger partial charge in [0.1, 0.15) is 6.23 Å². The SMILES string of the molecule is C=C1[C@H]2C[C@]3([C@@H]1O)[C@@H](C[C@H]2O)[C@]12[C@@H]4CC[C@]5(C)[C@H]1C[C@H]3[C@H]2N(CC)[C@@H]5O4. The van der Waals surface area contributed by atoms with Crippen molar-refractivity contribution >= 4 is 0 Å². The van der Waals surface area contributed by atoms with E-state index in [1.165, 1.54) is 19.3 Å². The van der Waals surface area contributed by atoms with Crippen molar-refractivity contribution < 1.29 is 14.9 Å². The summed E-state index contributed by atoms with van der Waals surface area (Å²) >= 11 is 0. The molecule has 0 aromatic rings. The second-order valence-electron chi connectivity index (χ2n) is 10.9. The Bertz CT molecular complexity index is 739. The first-order valence-corrected chi connectivity index (χ1v) is 10.9. The molecular weight excluding hydrogens is 326 g/mol. The van der Waals surface area contributed by atoms with E-state index >= 15 is 0 Å². The Balaban J connectivity index is 1.51. The summed E-state index contributed by atoms with van der Waals surface area (Å²) in [5.41, 5.74) is 1.28. The molecule has 5 aliphatic carbocycles. The van der Waals surface area contributed by atoms with Crippen LogP contribution in [-0.2, 0) is 4.74 Å². The van der Waals surface area contributed by atoms with Gasteiger partial charge >= 0.3 is 0 Å². The number of hydrogen-bond acceptors (Lipinski definition) is 4. The number of rotatable bonds is 1. The monoisotopic (exact) mass is 357 g/mol. The smallest absolute Gasteiger partial charge is 0.116 e. The Kier molecular flexibility index (Phi) is 2.46. The minimum atomic E-state index is -0.426. The lowest BCUT2D eigenvalue weighted by molar-refractivity contribution is -0.372. The maximum Gasteiger partial charge on any atom is 0.116 e. The molecule has 4 nitrogen and oxygen atoms in total. The highest BCUT2D eigenvalue weighted by atomic mass is 16.5. The van der Waals surface area contributed by atoms with E-state index in [9.17, 15) is 10.2 Å². The number of aliphatic hydroxyl groups excluding tert-OH is 2. The Morgan fingerprint density at radius 1 is 1.27 bits per heavy atom. The summed E-state index contributed by atoms with van der Waals surface area (Å²) in [7, 11) is 0. The van der Waals surface area contributed by atoms with Crippen LogP contribution in [0.4, 0.5) is 0 Å². The summed E-state index contributed by atoms with van der Waals surface area (Å²) in [4.78, 5) is 2.69. The Morgan fingerprint density at radius 2 is 2.08 bits per heavy atom. The summed E-state index contributed by atoms with van der Waals surface area (Å²) < 4.78 is 6.78. The Morgan fingerprint density at radius 3 is 2.85 bits per heavy atom. The van der Waals surface area contributed by atoms with Crippen LogP contribution in [0.1, 0.15) is 46.0 Å². The topological polar surface area (TPSA) is 52.9 Å². The molecule has 4 heteroatoms. The standard InChI is InChI=1S/C22H31NO3/c1-4-23-17-12-7-14-20(3)6-5-16(26-19(20)23)22(14,17)15-8-13(24)11-9-21(12,15)18(25)10(11)2/h11-19,24-25H,2,4-9H2,1,3H3/t11-,12+,13-,14-,15-,16+,17-,18-,19-,20-,21-,22+/m1/s1. The van der Waals surface area contributed by atoms with Crippen LogP contribution in [-0.4, -0.2) is 52.2 Å². The van der Waals surface area contributed by atoms with Crippen LogP contribution >= 0.6 is 0 Å². The number of nitrogens with zero attached hydrogens (tertiary/aromatic N) is 1. The molecule has 4 aliphatic heterocycles. The molecule has 0 aromatic carbocycles. The van der Waals surface area contributed by atoms with Gasteiger partial charge in [-0.2, -0.15) is 0 Å². The van der Waals surface area contributed by atoms with Gasteiger partial charge in [-0.25, -0.2) is 0 Å². The van der Waals surface area contributed by atoms with Crippen molar-refractivity contribution in [1.82, 2.24) is 4.90 Å². The summed E-state index contributed by atoms with van der Waals surface area (Å²) in [5.74, 6) is 1.77. The van der Waals surface area contributed by atoms with Crippen molar-refractivity contribution in [2.45, 2.75) is 76.5 Å². The molecule has 0 radical (unpaired) electrons. The lowest BCUT2D eigenvalue weighted by Crippen LogP contribution is -2.78. The third-order valence-corrected chi connectivity index (χ3v) is 11.0. The molecule has 142 valence electrons. The van der Waals surface area contributed by atoms with Crippen molar-refractivity contribution in [2.24, 2.45) is 39.9 Å². The van der Waals surface area contributed by atoms with Crippen LogP contribution in [0.3, 0.4) is 0 Å². The fraction of sp³-hybridized carbons (Fsp3) is 0.909. The van der Waals surface area contributed by atoms with E-state index in [2.05, 4.69) is 25.3 Å². The maximum absolute atomic E-state index is 11.4. The van der Waals surface area contributed by atoms with Crippen molar-refractivity contribution in [3.05, 3.63) is 12.2 Å². The number of hydrogen-bond donors (Lipinski definition) is 2. The molecule has 0 amide bonds. The van der Waals surface area contributed by atoms with E-state index in [4.69, 9.17) is 4.74 Å². The van der Waals surface area contributed by atoms with E-state index in [1.807, 2.05) is 0 Å². The predicted molar refractivity (Wildman–Crippen MR) is 96.0 cm³/mol. The van der Waals surface area contributed by atoms with Gasteiger partial charge in [-0.3, -0.25) is 4.90 Å². The van der Waals surface area contributed by atoms with E-state index in [1.54, 1.807) is 0 Å². The van der Waals surface area contributed by atoms with Gasteiger partial charge in [0.05, 0.1) is 18.3 Å². The molecule has 0 unspecified atom stereocenters. The molecule has 9 fully saturated rings. The summed E-state index contributed by atoms with van der Waals surface area (Å²) in [6, 6.07) is 0.547. The average molecular weight is 357 g/mol. The molecule has 12 atom stereocenters. The normalized spacial score (nSPS) is 69.5. The van der Waals surface area contributed by atoms with Gasteiger partial charge in [0.15, 0.2) is 0 Å². The first kappa shape index (κ1) is 15.5. The largest absolute Gasteiger partial charge is 0.392 e. The lowest BCUT2D eigenvalue weighted by Gasteiger charge is -2.73. The minimum Gasteiger partial charge on any atom is -0.392 e. The van der Waals surface area contributed by atoms with Gasteiger partial charge in [0, 0.05) is 28.2 Å². The number of ether oxygens (including phenoxy) is 1. The summed E-state index contributed by atoms with van der Waals surface area (Å²) in [6.45, 7) is 10.1. The molecule has 2 N–H and O–H groups in total. The quantitative estimate of drug-likeness (QED) is 0.706. The fourth-order valence-electron chi connectivity index (χ4n) is 10.5. The zero-order valence-electron chi connectivity index (χ0n) is 15.9. The van der Waals surface area contributed by atoms with Crippen LogP contribution in [0, 0.1) is 39.9 Å². The van der Waals surface area contributed by atoms with E-state index in [0.717, 1.165) is 25.0 Å². The van der Waals surface area contributed by atoms with Gasteiger partial charge in [-0.1, -0.05) is 20.4 Å². The summed E-state index contributed by atoms with van der Waals surface area (Å²) in [5, 5.41) is 22.4. The van der Waals surface area contributed by atoms with Gasteiger partial charge < -0.3 is 14.9 Å². The first-order valence-electron chi connectivity index (χ1n) is 10.9. The highest BCUT2D eigenvalue weighted by Crippen LogP contribution is 2.86. The first-order chi connectivity index (χ1) is 12.4. The second-order valence-corrected chi connectivity index (χ2v) is 10.9. The highest BCUT2D eigenvalue weighted by Gasteiger charge is 2.88. The van der Waals surface area contributed by atoms with Crippen molar-refractivity contribution in [3.63, 3.8) is 0 Å². The zero-order valence-corrected chi connectivity index (χ0v) is 15.9. The molecule has 9 bridgehead atoms. The minimum absolute atomic E-state index is 0.0470. The predicted octanol–water partition coefficient (Wildman–Crippen LogP) is 2.16. The number of aliphatic hydroxyl groups is 2. The van der Waals surface area contributed by atoms with E-state index in [-0.39, 0.29) is 34.5 Å². The Labute approximate surface area is 155 Å². The highest BCUT2D eigenvalue weighted by molar-refractivity contribution is 5.40. The zero-order chi connectivity index (χ0) is 17.8. The van der Waals surface area contributed by atoms with Crippen LogP contribution < -0.4 is 0 Å². The summed E-state index contributed by atoms with van der Waals surface area (Å²) in [6.07, 6.45) is 5.38. The van der Waals surface area contributed by atoms with Gasteiger partial charge in [0.25, 0.3) is 0 Å². The third kappa shape index (κ3) is 1.14. The van der Waals surface area contributed by atoms with E-state index in [0.29, 0.717) is 29.9 Å². The molecule has 5 saturated carbocycles. The van der Waals surface area contributed by atoms with Gasteiger partial charge in [-0.05, 0) is 62.0 Å². The average Bonchev–Trinajstić information content (AvgIpc) is 3.17. The lowest BCUT2D eigenvalue weighted by atomic mass is 9.41. The fourth-order valence-corrected chi connectivity index (χ4v) is 10.5. The maximum atomic E-state index is 11.4. The molecule has 4 saturated heterocycles. The van der Waals surface area contributed by atoms with Gasteiger partial charge in [0.2, 0.25) is 0 Å². The van der Waals surface area contributed by atoms with Crippen LogP contribution in [0.2, 0.25) is 0 Å². The number of fused-ring (bicyclic) bond motifs is 2. The van der Waals surface area contributed by atoms with Crippen molar-refractivity contribution in [3.8, 4) is 0 Å².